The molecule has 0 aromatic heterocycles. The van der Waals surface area contributed by atoms with Crippen LogP contribution in [0, 0.1) is 5.92 Å². The maximum absolute atomic E-state index is 12.5. The summed E-state index contributed by atoms with van der Waals surface area (Å²) in [7, 11) is 0. The molecule has 0 bridgehead atoms. The van der Waals surface area contributed by atoms with Crippen molar-refractivity contribution in [3.05, 3.63) is 24.0 Å². The van der Waals surface area contributed by atoms with Crippen LogP contribution in [0.1, 0.15) is 12.8 Å². The number of allylic oxidation sites excluding steroid dienone is 2. The summed E-state index contributed by atoms with van der Waals surface area (Å²) in [4.78, 5) is 10.7. The van der Waals surface area contributed by atoms with Crippen molar-refractivity contribution in [2.24, 2.45) is 5.92 Å². The molecular formula is C10H11F3O4. The van der Waals surface area contributed by atoms with Crippen LogP contribution in [0.2, 0.25) is 0 Å². The molecular weight excluding hydrogens is 241 g/mol. The molecule has 17 heavy (non-hydrogen) atoms. The van der Waals surface area contributed by atoms with E-state index in [1.165, 1.54) is 6.08 Å². The van der Waals surface area contributed by atoms with E-state index in [0.717, 1.165) is 0 Å². The third-order valence-electron chi connectivity index (χ3n) is 2.37. The lowest BCUT2D eigenvalue weighted by Gasteiger charge is -2.30. The van der Waals surface area contributed by atoms with Crippen LogP contribution in [-0.2, 0) is 9.53 Å². The topological polar surface area (TPSA) is 66.8 Å². The van der Waals surface area contributed by atoms with Gasteiger partial charge in [0, 0.05) is 5.92 Å². The van der Waals surface area contributed by atoms with Crippen LogP contribution in [0.15, 0.2) is 24.0 Å². The zero-order valence-electron chi connectivity index (χ0n) is 8.70. The van der Waals surface area contributed by atoms with Gasteiger partial charge in [-0.3, -0.25) is 0 Å². The first-order chi connectivity index (χ1) is 7.77. The molecule has 0 fully saturated rings. The van der Waals surface area contributed by atoms with E-state index >= 15 is 0 Å². The van der Waals surface area contributed by atoms with Gasteiger partial charge in [-0.2, -0.15) is 13.2 Å². The second-order valence-corrected chi connectivity index (χ2v) is 3.61. The van der Waals surface area contributed by atoms with Crippen molar-refractivity contribution in [2.75, 3.05) is 0 Å². The first-order valence-corrected chi connectivity index (χ1v) is 4.76. The number of aliphatic carboxylic acids is 1. The number of carboxylic acids is 1. The van der Waals surface area contributed by atoms with Crippen molar-refractivity contribution in [1.29, 1.82) is 0 Å². The number of hydrogen-bond acceptors (Lipinski definition) is 3. The molecule has 2 N–H and O–H groups in total. The molecule has 1 rings (SSSR count). The van der Waals surface area contributed by atoms with Gasteiger partial charge in [-0.25, -0.2) is 4.79 Å². The Balaban J connectivity index is 3.09. The number of halogens is 3. The highest BCUT2D eigenvalue weighted by atomic mass is 19.4. The molecule has 0 aromatic carbocycles. The molecule has 2 atom stereocenters. The Morgan fingerprint density at radius 1 is 1.59 bits per heavy atom. The lowest BCUT2D eigenvalue weighted by atomic mass is 9.92. The second-order valence-electron chi connectivity index (χ2n) is 3.61. The van der Waals surface area contributed by atoms with Crippen LogP contribution in [-0.4, -0.2) is 28.6 Å². The Kier molecular flexibility index (Phi) is 3.82. The lowest BCUT2D eigenvalue weighted by Crippen LogP contribution is -2.35. The number of aliphatic hydroxyl groups is 1. The SMILES string of the molecule is C=CCC1CC(C(=O)O)=C(C(F)(F)F)OC1O. The molecule has 1 aliphatic heterocycles. The molecule has 0 saturated carbocycles. The predicted molar refractivity (Wildman–Crippen MR) is 50.7 cm³/mol. The van der Waals surface area contributed by atoms with Gasteiger partial charge in [-0.1, -0.05) is 6.08 Å². The summed E-state index contributed by atoms with van der Waals surface area (Å²) in [5.74, 6) is -4.05. The molecule has 7 heteroatoms. The Morgan fingerprint density at radius 3 is 2.59 bits per heavy atom. The van der Waals surface area contributed by atoms with E-state index in [0.29, 0.717) is 0 Å². The summed E-state index contributed by atoms with van der Waals surface area (Å²) in [6, 6.07) is 0. The normalized spacial score (nSPS) is 25.4. The molecule has 0 amide bonds. The average Bonchev–Trinajstić information content (AvgIpc) is 2.19. The van der Waals surface area contributed by atoms with E-state index in [1.807, 2.05) is 0 Å². The van der Waals surface area contributed by atoms with E-state index < -0.39 is 42.1 Å². The highest BCUT2D eigenvalue weighted by Crippen LogP contribution is 2.38. The fourth-order valence-corrected chi connectivity index (χ4v) is 1.58. The predicted octanol–water partition coefficient (Wildman–Crippen LogP) is 1.82. The first kappa shape index (κ1) is 13.6. The Hall–Kier alpha value is -1.50. The fraction of sp³-hybridized carbons (Fsp3) is 0.500. The van der Waals surface area contributed by atoms with Gasteiger partial charge >= 0.3 is 12.1 Å². The maximum atomic E-state index is 12.5. The van der Waals surface area contributed by atoms with E-state index in [4.69, 9.17) is 5.11 Å². The summed E-state index contributed by atoms with van der Waals surface area (Å²) < 4.78 is 41.7. The molecule has 96 valence electrons. The zero-order valence-corrected chi connectivity index (χ0v) is 8.70. The molecule has 0 radical (unpaired) electrons. The van der Waals surface area contributed by atoms with Crippen molar-refractivity contribution in [3.8, 4) is 0 Å². The minimum Gasteiger partial charge on any atom is -0.478 e. The standard InChI is InChI=1S/C10H11F3O4/c1-2-3-5-4-6(8(14)15)7(10(11,12)13)17-9(5)16/h2,5,9,16H,1,3-4H2,(H,14,15). The van der Waals surface area contributed by atoms with Crippen LogP contribution in [0.25, 0.3) is 0 Å². The average molecular weight is 252 g/mol. The monoisotopic (exact) mass is 252 g/mol. The van der Waals surface area contributed by atoms with Gasteiger partial charge in [0.05, 0.1) is 5.57 Å². The summed E-state index contributed by atoms with van der Waals surface area (Å²) in [6.45, 7) is 3.37. The van der Waals surface area contributed by atoms with Crippen molar-refractivity contribution in [2.45, 2.75) is 25.3 Å². The zero-order chi connectivity index (χ0) is 13.2. The Morgan fingerprint density at radius 2 is 2.18 bits per heavy atom. The van der Waals surface area contributed by atoms with E-state index in [-0.39, 0.29) is 6.42 Å². The summed E-state index contributed by atoms with van der Waals surface area (Å²) >= 11 is 0. The third kappa shape index (κ3) is 3.00. The molecule has 0 spiro atoms. The van der Waals surface area contributed by atoms with Crippen LogP contribution in [0.5, 0.6) is 0 Å². The summed E-state index contributed by atoms with van der Waals surface area (Å²) in [5, 5.41) is 18.0. The Bertz CT molecular complexity index is 359. The minimum atomic E-state index is -4.92. The van der Waals surface area contributed by atoms with Crippen LogP contribution < -0.4 is 0 Å². The molecule has 0 aliphatic carbocycles. The van der Waals surface area contributed by atoms with Crippen LogP contribution in [0.4, 0.5) is 13.2 Å². The number of hydrogen-bond donors (Lipinski definition) is 2. The van der Waals surface area contributed by atoms with E-state index in [9.17, 15) is 23.1 Å². The van der Waals surface area contributed by atoms with Gasteiger partial charge in [0.2, 0.25) is 12.0 Å². The lowest BCUT2D eigenvalue weighted by molar-refractivity contribution is -0.195. The van der Waals surface area contributed by atoms with Crippen molar-refractivity contribution >= 4 is 5.97 Å². The quantitative estimate of drug-likeness (QED) is 0.752. The van der Waals surface area contributed by atoms with E-state index in [1.54, 1.807) is 0 Å². The van der Waals surface area contributed by atoms with Gasteiger partial charge in [0.15, 0.2) is 0 Å². The minimum absolute atomic E-state index is 0.170. The van der Waals surface area contributed by atoms with Crippen molar-refractivity contribution in [1.82, 2.24) is 0 Å². The smallest absolute Gasteiger partial charge is 0.449 e. The largest absolute Gasteiger partial charge is 0.478 e. The molecule has 1 aliphatic rings. The number of rotatable bonds is 3. The third-order valence-corrected chi connectivity index (χ3v) is 2.37. The van der Waals surface area contributed by atoms with E-state index in [2.05, 4.69) is 11.3 Å². The summed E-state index contributed by atoms with van der Waals surface area (Å²) in [5.41, 5.74) is -0.866. The van der Waals surface area contributed by atoms with Gasteiger partial charge in [0.25, 0.3) is 0 Å². The molecule has 4 nitrogen and oxygen atoms in total. The first-order valence-electron chi connectivity index (χ1n) is 4.76. The molecule has 2 unspecified atom stereocenters. The number of aliphatic hydroxyl groups excluding tert-OH is 1. The van der Waals surface area contributed by atoms with Crippen LogP contribution >= 0.6 is 0 Å². The van der Waals surface area contributed by atoms with Gasteiger partial charge in [-0.05, 0) is 12.8 Å². The highest BCUT2D eigenvalue weighted by Gasteiger charge is 2.46. The number of carboxylic acid groups (broad SMARTS) is 1. The molecule has 0 aromatic rings. The fourth-order valence-electron chi connectivity index (χ4n) is 1.58. The van der Waals surface area contributed by atoms with Gasteiger partial charge < -0.3 is 14.9 Å². The van der Waals surface area contributed by atoms with Crippen molar-refractivity contribution in [3.63, 3.8) is 0 Å². The summed E-state index contributed by atoms with van der Waals surface area (Å²) in [6.07, 6.45) is -5.45. The second kappa shape index (κ2) is 4.79. The van der Waals surface area contributed by atoms with Gasteiger partial charge in [-0.15, -0.1) is 6.58 Å². The molecule has 1 heterocycles. The highest BCUT2D eigenvalue weighted by molar-refractivity contribution is 5.87. The maximum Gasteiger partial charge on any atom is 0.449 e. The molecule has 0 saturated heterocycles. The number of alkyl halides is 3. The van der Waals surface area contributed by atoms with Crippen LogP contribution in [0.3, 0.4) is 0 Å². The van der Waals surface area contributed by atoms with Gasteiger partial charge in [0.1, 0.15) is 0 Å². The number of carbonyl (C=O) groups is 1. The van der Waals surface area contributed by atoms with Crippen molar-refractivity contribution < 1.29 is 32.9 Å². The Labute approximate surface area is 95.0 Å². The number of ether oxygens (including phenoxy) is 1.